The number of carbonyl (C=O) groups excluding carboxylic acids is 1. The Morgan fingerprint density at radius 3 is 2.52 bits per heavy atom. The van der Waals surface area contributed by atoms with Crippen molar-refractivity contribution < 1.29 is 13.2 Å². The Hall–Kier alpha value is -2.18. The molecule has 2 aromatic rings. The second-order valence-corrected chi connectivity index (χ2v) is 9.20. The summed E-state index contributed by atoms with van der Waals surface area (Å²) in [5.74, 6) is 0.415. The lowest BCUT2D eigenvalue weighted by molar-refractivity contribution is 0.101. The van der Waals surface area contributed by atoms with E-state index < -0.39 is 10.0 Å². The Morgan fingerprint density at radius 2 is 1.81 bits per heavy atom. The first-order chi connectivity index (χ1) is 12.9. The Morgan fingerprint density at radius 1 is 1.11 bits per heavy atom. The normalized spacial score (nSPS) is 16.2. The highest BCUT2D eigenvalue weighted by atomic mass is 32.2. The molecule has 1 fully saturated rings. The first-order valence-electron chi connectivity index (χ1n) is 9.30. The van der Waals surface area contributed by atoms with Crippen molar-refractivity contribution >= 4 is 21.5 Å². The number of nitrogens with zero attached hydrogens (tertiary/aromatic N) is 1. The molecule has 0 atom stereocenters. The number of hydrogen-bond acceptors (Lipinski definition) is 4. The molecule has 27 heavy (non-hydrogen) atoms. The van der Waals surface area contributed by atoms with Crippen LogP contribution in [0.4, 0.5) is 5.69 Å². The molecule has 1 aliphatic rings. The molecule has 0 saturated carbocycles. The van der Waals surface area contributed by atoms with Gasteiger partial charge in [-0.15, -0.1) is 0 Å². The first-order valence-corrected chi connectivity index (χ1v) is 10.7. The summed E-state index contributed by atoms with van der Waals surface area (Å²) >= 11 is 0. The third kappa shape index (κ3) is 4.76. The van der Waals surface area contributed by atoms with Gasteiger partial charge < -0.3 is 5.32 Å². The van der Waals surface area contributed by atoms with Gasteiger partial charge in [-0.2, -0.15) is 4.31 Å². The van der Waals surface area contributed by atoms with Crippen molar-refractivity contribution in [3.63, 3.8) is 0 Å². The minimum atomic E-state index is -3.55. The van der Waals surface area contributed by atoms with Gasteiger partial charge in [-0.3, -0.25) is 4.79 Å². The minimum absolute atomic E-state index is 0.119. The fourth-order valence-corrected chi connectivity index (χ4v) is 4.76. The van der Waals surface area contributed by atoms with Crippen molar-refractivity contribution in [2.24, 2.45) is 5.92 Å². The second-order valence-electron chi connectivity index (χ2n) is 7.26. The zero-order valence-corrected chi connectivity index (χ0v) is 16.6. The van der Waals surface area contributed by atoms with Crippen LogP contribution in [0, 0.1) is 12.8 Å². The Kier molecular flexibility index (Phi) is 5.97. The molecule has 0 amide bonds. The molecule has 6 heteroatoms. The van der Waals surface area contributed by atoms with Crippen LogP contribution in [0.2, 0.25) is 0 Å². The molecule has 1 heterocycles. The molecular weight excluding hydrogens is 360 g/mol. The van der Waals surface area contributed by atoms with Gasteiger partial charge in [-0.25, -0.2) is 8.42 Å². The van der Waals surface area contributed by atoms with E-state index in [0.29, 0.717) is 24.6 Å². The van der Waals surface area contributed by atoms with Gasteiger partial charge in [0.25, 0.3) is 0 Å². The van der Waals surface area contributed by atoms with Crippen LogP contribution in [-0.4, -0.2) is 38.1 Å². The number of ketones is 1. The van der Waals surface area contributed by atoms with Gasteiger partial charge in [0.15, 0.2) is 5.78 Å². The van der Waals surface area contributed by atoms with Crippen molar-refractivity contribution in [2.45, 2.75) is 31.6 Å². The summed E-state index contributed by atoms with van der Waals surface area (Å²) in [5, 5.41) is 3.10. The van der Waals surface area contributed by atoms with E-state index in [9.17, 15) is 13.2 Å². The predicted octanol–water partition coefficient (Wildman–Crippen LogP) is 3.71. The van der Waals surface area contributed by atoms with E-state index in [2.05, 4.69) is 12.2 Å². The molecule has 1 aliphatic heterocycles. The van der Waals surface area contributed by atoms with E-state index in [1.54, 1.807) is 18.2 Å². The average molecular weight is 387 g/mol. The molecule has 3 rings (SSSR count). The summed E-state index contributed by atoms with van der Waals surface area (Å²) in [5.41, 5.74) is 2.38. The van der Waals surface area contributed by atoms with Crippen LogP contribution in [0.3, 0.4) is 0 Å². The van der Waals surface area contributed by atoms with Crippen molar-refractivity contribution in [1.82, 2.24) is 4.31 Å². The quantitative estimate of drug-likeness (QED) is 0.769. The number of nitrogens with one attached hydrogen (secondary N) is 1. The zero-order valence-electron chi connectivity index (χ0n) is 15.8. The van der Waals surface area contributed by atoms with E-state index in [4.69, 9.17) is 0 Å². The van der Waals surface area contributed by atoms with E-state index >= 15 is 0 Å². The third-order valence-electron chi connectivity index (χ3n) is 5.01. The maximum atomic E-state index is 12.9. The summed E-state index contributed by atoms with van der Waals surface area (Å²) in [7, 11) is -3.55. The van der Waals surface area contributed by atoms with Crippen LogP contribution in [0.25, 0.3) is 0 Å². The smallest absolute Gasteiger partial charge is 0.243 e. The number of benzene rings is 2. The third-order valence-corrected chi connectivity index (χ3v) is 6.90. The van der Waals surface area contributed by atoms with Crippen LogP contribution in [0.15, 0.2) is 53.4 Å². The number of rotatable bonds is 6. The topological polar surface area (TPSA) is 66.5 Å². The molecule has 1 N–H and O–H groups in total. The van der Waals surface area contributed by atoms with Gasteiger partial charge in [0.1, 0.15) is 0 Å². The highest BCUT2D eigenvalue weighted by Crippen LogP contribution is 2.24. The van der Waals surface area contributed by atoms with Crippen LogP contribution in [-0.2, 0) is 10.0 Å². The van der Waals surface area contributed by atoms with Gasteiger partial charge in [0.2, 0.25) is 10.0 Å². The van der Waals surface area contributed by atoms with Gasteiger partial charge in [-0.05, 0) is 55.5 Å². The molecule has 0 bridgehead atoms. The van der Waals surface area contributed by atoms with Crippen LogP contribution in [0.5, 0.6) is 0 Å². The first kappa shape index (κ1) is 19.6. The molecule has 1 saturated heterocycles. The number of Topliss-reactive ketones (excluding diaryl/α,β-unsaturated/α-hetero) is 1. The molecule has 5 nitrogen and oxygen atoms in total. The monoisotopic (exact) mass is 386 g/mol. The van der Waals surface area contributed by atoms with Crippen molar-refractivity contribution in [3.05, 3.63) is 59.7 Å². The van der Waals surface area contributed by atoms with Gasteiger partial charge in [0.05, 0.1) is 11.4 Å². The highest BCUT2D eigenvalue weighted by molar-refractivity contribution is 7.89. The summed E-state index contributed by atoms with van der Waals surface area (Å²) in [6.45, 7) is 5.33. The SMILES string of the molecule is Cc1cccc(NCC(=O)c2cccc(S(=O)(=O)N3CCC(C)CC3)c2)c1. The summed E-state index contributed by atoms with van der Waals surface area (Å²) in [6.07, 6.45) is 1.75. The number of hydrogen-bond donors (Lipinski definition) is 1. The molecule has 0 unspecified atom stereocenters. The standard InChI is InChI=1S/C21H26N2O3S/c1-16-9-11-23(12-10-16)27(25,26)20-8-4-6-18(14-20)21(24)15-22-19-7-3-5-17(2)13-19/h3-8,13-14,16,22H,9-12,15H2,1-2H3. The van der Waals surface area contributed by atoms with Crippen LogP contribution >= 0.6 is 0 Å². The lowest BCUT2D eigenvalue weighted by atomic mass is 10.0. The molecule has 0 spiro atoms. The highest BCUT2D eigenvalue weighted by Gasteiger charge is 2.28. The number of anilines is 1. The molecule has 0 aliphatic carbocycles. The van der Waals surface area contributed by atoms with E-state index in [0.717, 1.165) is 24.1 Å². The summed E-state index contributed by atoms with van der Waals surface area (Å²) in [6, 6.07) is 14.1. The fraction of sp³-hybridized carbons (Fsp3) is 0.381. The molecule has 0 radical (unpaired) electrons. The lowest BCUT2D eigenvalue weighted by Gasteiger charge is -2.29. The molecular formula is C21H26N2O3S. The van der Waals surface area contributed by atoms with Crippen LogP contribution in [0.1, 0.15) is 35.7 Å². The minimum Gasteiger partial charge on any atom is -0.378 e. The van der Waals surface area contributed by atoms with E-state index in [-0.39, 0.29) is 17.2 Å². The van der Waals surface area contributed by atoms with Crippen molar-refractivity contribution in [3.8, 4) is 0 Å². The Balaban J connectivity index is 1.71. The largest absolute Gasteiger partial charge is 0.378 e. The van der Waals surface area contributed by atoms with E-state index in [1.807, 2.05) is 31.2 Å². The Bertz CT molecular complexity index is 917. The predicted molar refractivity (Wildman–Crippen MR) is 108 cm³/mol. The van der Waals surface area contributed by atoms with Gasteiger partial charge in [-0.1, -0.05) is 31.2 Å². The maximum absolute atomic E-state index is 12.9. The molecule has 0 aromatic heterocycles. The summed E-state index contributed by atoms with van der Waals surface area (Å²) < 4.78 is 27.3. The second kappa shape index (κ2) is 8.23. The van der Waals surface area contributed by atoms with Crippen molar-refractivity contribution in [2.75, 3.05) is 25.0 Å². The molecule has 144 valence electrons. The number of aryl methyl sites for hydroxylation is 1. The lowest BCUT2D eigenvalue weighted by Crippen LogP contribution is -2.37. The number of sulfonamides is 1. The van der Waals surface area contributed by atoms with Crippen LogP contribution < -0.4 is 5.32 Å². The Labute approximate surface area is 161 Å². The fourth-order valence-electron chi connectivity index (χ4n) is 3.24. The summed E-state index contributed by atoms with van der Waals surface area (Å²) in [4.78, 5) is 12.7. The zero-order chi connectivity index (χ0) is 19.4. The van der Waals surface area contributed by atoms with E-state index in [1.165, 1.54) is 10.4 Å². The van der Waals surface area contributed by atoms with Crippen molar-refractivity contribution in [1.29, 1.82) is 0 Å². The maximum Gasteiger partial charge on any atom is 0.243 e. The van der Waals surface area contributed by atoms with Gasteiger partial charge >= 0.3 is 0 Å². The van der Waals surface area contributed by atoms with Gasteiger partial charge in [0, 0.05) is 24.3 Å². The number of carbonyl (C=O) groups is 1. The molecule has 2 aromatic carbocycles. The average Bonchev–Trinajstić information content (AvgIpc) is 2.66. The number of piperidine rings is 1.